The van der Waals surface area contributed by atoms with Crippen molar-refractivity contribution in [1.82, 2.24) is 0 Å². The van der Waals surface area contributed by atoms with Crippen LogP contribution in [-0.2, 0) is 0 Å². The quantitative estimate of drug-likeness (QED) is 0.739. The van der Waals surface area contributed by atoms with Crippen molar-refractivity contribution >= 4 is 17.3 Å². The Morgan fingerprint density at radius 3 is 2.56 bits per heavy atom. The zero-order valence-electron chi connectivity index (χ0n) is 8.94. The Balaban J connectivity index is 1.83. The average molecular weight is 218 g/mol. The van der Waals surface area contributed by atoms with Gasteiger partial charge < -0.3 is 15.7 Å². The van der Waals surface area contributed by atoms with Crippen molar-refractivity contribution in [1.29, 1.82) is 0 Å². The third-order valence-electron chi connectivity index (χ3n) is 3.62. The molecule has 84 valence electrons. The van der Waals surface area contributed by atoms with Crippen LogP contribution in [0.15, 0.2) is 18.2 Å². The smallest absolute Gasteiger partial charge is 0.335 e. The Hall–Kier alpha value is -1.71. The van der Waals surface area contributed by atoms with Crippen LogP contribution in [0.25, 0.3) is 0 Å². The molecule has 16 heavy (non-hydrogen) atoms. The molecule has 3 N–H and O–H groups in total. The molecule has 1 aromatic rings. The molecule has 0 unspecified atom stereocenters. The highest BCUT2D eigenvalue weighted by atomic mass is 16.4. The largest absolute Gasteiger partial charge is 0.478 e. The number of benzene rings is 1. The lowest BCUT2D eigenvalue weighted by Crippen LogP contribution is -2.48. The molecule has 4 nitrogen and oxygen atoms in total. The van der Waals surface area contributed by atoms with E-state index < -0.39 is 5.97 Å². The van der Waals surface area contributed by atoms with E-state index in [1.165, 1.54) is 18.9 Å². The maximum atomic E-state index is 10.8. The molecule has 1 aliphatic carbocycles. The van der Waals surface area contributed by atoms with E-state index in [9.17, 15) is 4.79 Å². The Kier molecular flexibility index (Phi) is 1.73. The van der Waals surface area contributed by atoms with Crippen LogP contribution < -0.4 is 10.6 Å². The normalized spacial score (nSPS) is 20.6. The lowest BCUT2D eigenvalue weighted by Gasteiger charge is -2.42. The molecule has 1 saturated carbocycles. The van der Waals surface area contributed by atoms with Gasteiger partial charge in [0.15, 0.2) is 0 Å². The van der Waals surface area contributed by atoms with Crippen LogP contribution in [0, 0.1) is 5.41 Å². The van der Waals surface area contributed by atoms with Crippen molar-refractivity contribution in [3.05, 3.63) is 23.8 Å². The molecule has 1 heterocycles. The summed E-state index contributed by atoms with van der Waals surface area (Å²) in [6, 6.07) is 4.97. The van der Waals surface area contributed by atoms with Gasteiger partial charge in [-0.1, -0.05) is 0 Å². The number of hydrogen-bond donors (Lipinski definition) is 2. The summed E-state index contributed by atoms with van der Waals surface area (Å²) in [7, 11) is 0. The number of anilines is 2. The van der Waals surface area contributed by atoms with Gasteiger partial charge in [0, 0.05) is 18.5 Å². The summed E-state index contributed by atoms with van der Waals surface area (Å²) < 4.78 is 0. The molecule has 1 spiro atoms. The highest BCUT2D eigenvalue weighted by molar-refractivity contribution is 5.90. The molecule has 0 aromatic heterocycles. The first kappa shape index (κ1) is 9.51. The van der Waals surface area contributed by atoms with Crippen LogP contribution in [0.3, 0.4) is 0 Å². The number of aromatic carboxylic acids is 1. The maximum absolute atomic E-state index is 10.8. The number of nitrogen functional groups attached to an aromatic ring is 1. The van der Waals surface area contributed by atoms with Gasteiger partial charge in [-0.05, 0) is 31.0 Å². The molecule has 2 aliphatic rings. The molecule has 0 atom stereocenters. The van der Waals surface area contributed by atoms with Gasteiger partial charge in [0.05, 0.1) is 16.9 Å². The molecule has 1 saturated heterocycles. The fourth-order valence-corrected chi connectivity index (χ4v) is 2.40. The van der Waals surface area contributed by atoms with E-state index in [0.717, 1.165) is 18.8 Å². The van der Waals surface area contributed by atoms with Crippen LogP contribution in [0.1, 0.15) is 23.2 Å². The Morgan fingerprint density at radius 1 is 1.38 bits per heavy atom. The van der Waals surface area contributed by atoms with Gasteiger partial charge in [-0.3, -0.25) is 0 Å². The number of hydrogen-bond acceptors (Lipinski definition) is 3. The van der Waals surface area contributed by atoms with E-state index in [0.29, 0.717) is 11.1 Å². The van der Waals surface area contributed by atoms with Gasteiger partial charge in [0.1, 0.15) is 0 Å². The van der Waals surface area contributed by atoms with Crippen LogP contribution in [0.5, 0.6) is 0 Å². The van der Waals surface area contributed by atoms with E-state index in [1.807, 2.05) is 6.07 Å². The molecule has 3 rings (SSSR count). The molecule has 0 radical (unpaired) electrons. The molecular weight excluding hydrogens is 204 g/mol. The Labute approximate surface area is 93.7 Å². The second-order valence-electron chi connectivity index (χ2n) is 4.93. The first-order chi connectivity index (χ1) is 7.60. The van der Waals surface area contributed by atoms with Crippen molar-refractivity contribution in [2.45, 2.75) is 12.8 Å². The predicted octanol–water partition coefficient (Wildman–Crippen LogP) is 1.57. The van der Waals surface area contributed by atoms with Gasteiger partial charge in [0.25, 0.3) is 0 Å². The molecule has 2 fully saturated rings. The zero-order chi connectivity index (χ0) is 11.3. The van der Waals surface area contributed by atoms with Crippen LogP contribution >= 0.6 is 0 Å². The first-order valence-corrected chi connectivity index (χ1v) is 5.47. The fraction of sp³-hybridized carbons (Fsp3) is 0.417. The molecular formula is C12H14N2O2. The minimum absolute atomic E-state index is 0.253. The van der Waals surface area contributed by atoms with E-state index in [4.69, 9.17) is 10.8 Å². The highest BCUT2D eigenvalue weighted by Crippen LogP contribution is 2.54. The van der Waals surface area contributed by atoms with Crippen molar-refractivity contribution < 1.29 is 9.90 Å². The Morgan fingerprint density at radius 2 is 2.06 bits per heavy atom. The second kappa shape index (κ2) is 2.90. The van der Waals surface area contributed by atoms with Crippen LogP contribution in [0.4, 0.5) is 11.4 Å². The number of carbonyl (C=O) groups is 1. The Bertz CT molecular complexity index is 458. The summed E-state index contributed by atoms with van der Waals surface area (Å²) >= 11 is 0. The second-order valence-corrected chi connectivity index (χ2v) is 4.93. The van der Waals surface area contributed by atoms with Crippen molar-refractivity contribution in [2.75, 3.05) is 23.7 Å². The van der Waals surface area contributed by atoms with Crippen LogP contribution in [-0.4, -0.2) is 24.2 Å². The molecule has 1 aromatic carbocycles. The topological polar surface area (TPSA) is 66.6 Å². The van der Waals surface area contributed by atoms with Gasteiger partial charge >= 0.3 is 5.97 Å². The minimum atomic E-state index is -0.930. The van der Waals surface area contributed by atoms with E-state index >= 15 is 0 Å². The average Bonchev–Trinajstić information content (AvgIpc) is 2.95. The lowest BCUT2D eigenvalue weighted by molar-refractivity contribution is 0.0697. The van der Waals surface area contributed by atoms with E-state index in [-0.39, 0.29) is 5.56 Å². The molecule has 1 aliphatic heterocycles. The standard InChI is InChI=1S/C12H14N2O2/c13-9-5-8(11(15)16)1-2-10(9)14-6-12(7-14)3-4-12/h1-2,5H,3-4,6-7,13H2,(H,15,16). The summed E-state index contributed by atoms with van der Waals surface area (Å²) in [6.45, 7) is 2.15. The zero-order valence-corrected chi connectivity index (χ0v) is 8.94. The van der Waals surface area contributed by atoms with Crippen LogP contribution in [0.2, 0.25) is 0 Å². The summed E-state index contributed by atoms with van der Waals surface area (Å²) in [5.74, 6) is -0.930. The monoisotopic (exact) mass is 218 g/mol. The highest BCUT2D eigenvalue weighted by Gasteiger charge is 2.52. The van der Waals surface area contributed by atoms with Gasteiger partial charge in [-0.25, -0.2) is 4.79 Å². The van der Waals surface area contributed by atoms with Crippen molar-refractivity contribution in [3.63, 3.8) is 0 Å². The summed E-state index contributed by atoms with van der Waals surface area (Å²) in [5.41, 5.74) is 8.25. The number of carboxylic acids is 1. The van der Waals surface area contributed by atoms with Gasteiger partial charge in [-0.2, -0.15) is 0 Å². The van der Waals surface area contributed by atoms with Gasteiger partial charge in [-0.15, -0.1) is 0 Å². The van der Waals surface area contributed by atoms with E-state index in [1.54, 1.807) is 6.07 Å². The number of carboxylic acid groups (broad SMARTS) is 1. The summed E-state index contributed by atoms with van der Waals surface area (Å²) in [5, 5.41) is 8.83. The summed E-state index contributed by atoms with van der Waals surface area (Å²) in [6.07, 6.45) is 2.66. The third kappa shape index (κ3) is 1.33. The van der Waals surface area contributed by atoms with Crippen molar-refractivity contribution in [3.8, 4) is 0 Å². The minimum Gasteiger partial charge on any atom is -0.478 e. The molecule has 0 amide bonds. The summed E-state index contributed by atoms with van der Waals surface area (Å²) in [4.78, 5) is 13.0. The van der Waals surface area contributed by atoms with Crippen molar-refractivity contribution in [2.24, 2.45) is 5.41 Å². The number of nitrogens with zero attached hydrogens (tertiary/aromatic N) is 1. The number of rotatable bonds is 2. The first-order valence-electron chi connectivity index (χ1n) is 5.47. The molecule has 4 heteroatoms. The predicted molar refractivity (Wildman–Crippen MR) is 61.7 cm³/mol. The van der Waals surface area contributed by atoms with Gasteiger partial charge in [0.2, 0.25) is 0 Å². The molecule has 0 bridgehead atoms. The maximum Gasteiger partial charge on any atom is 0.335 e. The van der Waals surface area contributed by atoms with E-state index in [2.05, 4.69) is 4.90 Å². The lowest BCUT2D eigenvalue weighted by atomic mass is 9.95. The number of nitrogens with two attached hydrogens (primary N) is 1. The third-order valence-corrected chi connectivity index (χ3v) is 3.62. The SMILES string of the molecule is Nc1cc(C(=O)O)ccc1N1CC2(CC2)C1. The fourth-order valence-electron chi connectivity index (χ4n) is 2.40.